The fourth-order valence-electron chi connectivity index (χ4n) is 3.63. The summed E-state index contributed by atoms with van der Waals surface area (Å²) in [7, 11) is 0. The maximum atomic E-state index is 14.8. The smallest absolute Gasteiger partial charge is 0.0997 e. The van der Waals surface area contributed by atoms with E-state index in [1.54, 1.807) is 0 Å². The van der Waals surface area contributed by atoms with Crippen LogP contribution in [0.2, 0.25) is 0 Å². The molecule has 0 aromatic carbocycles. The zero-order chi connectivity index (χ0) is 18.3. The van der Waals surface area contributed by atoms with Gasteiger partial charge in [-0.25, -0.2) is 4.39 Å². The Morgan fingerprint density at radius 2 is 1.92 bits per heavy atom. The van der Waals surface area contributed by atoms with Crippen molar-refractivity contribution in [2.75, 3.05) is 6.61 Å². The van der Waals surface area contributed by atoms with Gasteiger partial charge in [0.25, 0.3) is 0 Å². The number of allylic oxidation sites excluding steroid dienone is 3. The first-order valence-corrected chi connectivity index (χ1v) is 9.95. The van der Waals surface area contributed by atoms with Crippen molar-refractivity contribution in [1.82, 2.24) is 0 Å². The molecule has 0 saturated carbocycles. The second kappa shape index (κ2) is 10.4. The lowest BCUT2D eigenvalue weighted by atomic mass is 9.81. The van der Waals surface area contributed by atoms with Crippen molar-refractivity contribution in [2.24, 2.45) is 29.6 Å². The van der Waals surface area contributed by atoms with Crippen molar-refractivity contribution in [3.63, 3.8) is 0 Å². The Morgan fingerprint density at radius 1 is 1.25 bits per heavy atom. The number of hydrogen-bond donors (Lipinski definition) is 0. The fraction of sp³-hybridized carbons (Fsp3) is 0.818. The Balaban J connectivity index is 2.75. The summed E-state index contributed by atoms with van der Waals surface area (Å²) in [6.45, 7) is 16.0. The van der Waals surface area contributed by atoms with Crippen LogP contribution < -0.4 is 0 Å². The molecule has 1 aliphatic rings. The third-order valence-electron chi connectivity index (χ3n) is 5.73. The van der Waals surface area contributed by atoms with E-state index in [2.05, 4.69) is 54.5 Å². The van der Waals surface area contributed by atoms with E-state index in [4.69, 9.17) is 4.74 Å². The van der Waals surface area contributed by atoms with Crippen LogP contribution in [0.1, 0.15) is 74.1 Å². The van der Waals surface area contributed by atoms with Crippen LogP contribution in [0.25, 0.3) is 0 Å². The van der Waals surface area contributed by atoms with Crippen molar-refractivity contribution >= 4 is 0 Å². The van der Waals surface area contributed by atoms with Gasteiger partial charge in [-0.15, -0.1) is 0 Å². The van der Waals surface area contributed by atoms with Crippen molar-refractivity contribution in [3.8, 4) is 0 Å². The van der Waals surface area contributed by atoms with E-state index in [0.29, 0.717) is 17.8 Å². The van der Waals surface area contributed by atoms with Crippen LogP contribution in [0.4, 0.5) is 4.39 Å². The minimum Gasteiger partial charge on any atom is -0.377 e. The van der Waals surface area contributed by atoms with E-state index in [1.165, 1.54) is 12.0 Å². The molecule has 0 aromatic rings. The molecule has 1 aliphatic heterocycles. The van der Waals surface area contributed by atoms with Gasteiger partial charge >= 0.3 is 0 Å². The number of hydrogen-bond acceptors (Lipinski definition) is 1. The highest BCUT2D eigenvalue weighted by Gasteiger charge is 2.31. The van der Waals surface area contributed by atoms with E-state index in [1.807, 2.05) is 6.08 Å². The SMILES string of the molecule is CCC(C/C=C(\C)C(C)C)/C(F)=C\C(C)C1OCC(C)CC1CC. The molecule has 5 atom stereocenters. The van der Waals surface area contributed by atoms with Crippen LogP contribution in [0, 0.1) is 29.6 Å². The molecule has 1 fully saturated rings. The number of ether oxygens (including phenoxy) is 1. The molecule has 1 saturated heterocycles. The summed E-state index contributed by atoms with van der Waals surface area (Å²) >= 11 is 0. The van der Waals surface area contributed by atoms with Crippen LogP contribution in [-0.4, -0.2) is 12.7 Å². The highest BCUT2D eigenvalue weighted by atomic mass is 19.1. The maximum Gasteiger partial charge on any atom is 0.0997 e. The first-order chi connectivity index (χ1) is 11.3. The average molecular weight is 339 g/mol. The lowest BCUT2D eigenvalue weighted by molar-refractivity contribution is -0.0707. The van der Waals surface area contributed by atoms with Gasteiger partial charge in [-0.3, -0.25) is 0 Å². The molecule has 1 heterocycles. The molecule has 1 rings (SSSR count). The molecule has 0 N–H and O–H groups in total. The molecule has 0 radical (unpaired) electrons. The molecule has 24 heavy (non-hydrogen) atoms. The van der Waals surface area contributed by atoms with Crippen molar-refractivity contribution in [1.29, 1.82) is 0 Å². The van der Waals surface area contributed by atoms with Gasteiger partial charge in [0, 0.05) is 18.4 Å². The van der Waals surface area contributed by atoms with Gasteiger partial charge in [0.05, 0.1) is 11.9 Å². The van der Waals surface area contributed by atoms with Gasteiger partial charge in [-0.05, 0) is 50.0 Å². The van der Waals surface area contributed by atoms with E-state index in [9.17, 15) is 4.39 Å². The van der Waals surface area contributed by atoms with Crippen LogP contribution in [0.3, 0.4) is 0 Å². The molecule has 2 heteroatoms. The summed E-state index contributed by atoms with van der Waals surface area (Å²) in [6, 6.07) is 0. The Bertz CT molecular complexity index is 424. The minimum atomic E-state index is 0.00346. The van der Waals surface area contributed by atoms with Crippen molar-refractivity contribution in [3.05, 3.63) is 23.6 Å². The molecule has 0 aliphatic carbocycles. The first-order valence-electron chi connectivity index (χ1n) is 9.95. The predicted molar refractivity (Wildman–Crippen MR) is 103 cm³/mol. The zero-order valence-corrected chi connectivity index (χ0v) is 16.9. The summed E-state index contributed by atoms with van der Waals surface area (Å²) in [6.07, 6.45) is 8.19. The van der Waals surface area contributed by atoms with Gasteiger partial charge in [0.1, 0.15) is 0 Å². The highest BCUT2D eigenvalue weighted by Crippen LogP contribution is 2.34. The third-order valence-corrected chi connectivity index (χ3v) is 5.73. The van der Waals surface area contributed by atoms with Crippen LogP contribution in [0.5, 0.6) is 0 Å². The molecule has 0 spiro atoms. The van der Waals surface area contributed by atoms with Crippen molar-refractivity contribution < 1.29 is 9.13 Å². The Hall–Kier alpha value is -0.630. The van der Waals surface area contributed by atoms with Gasteiger partial charge in [0.15, 0.2) is 0 Å². The zero-order valence-electron chi connectivity index (χ0n) is 16.9. The summed E-state index contributed by atoms with van der Waals surface area (Å²) in [5.41, 5.74) is 1.35. The lowest BCUT2D eigenvalue weighted by Crippen LogP contribution is -2.37. The second-order valence-electron chi connectivity index (χ2n) is 8.16. The maximum absolute atomic E-state index is 14.8. The summed E-state index contributed by atoms with van der Waals surface area (Å²) < 4.78 is 20.9. The van der Waals surface area contributed by atoms with Crippen LogP contribution in [0.15, 0.2) is 23.6 Å². The highest BCUT2D eigenvalue weighted by molar-refractivity contribution is 5.08. The summed E-state index contributed by atoms with van der Waals surface area (Å²) in [5.74, 6) is 1.91. The number of halogens is 1. The molecule has 1 nitrogen and oxygen atoms in total. The quantitative estimate of drug-likeness (QED) is 0.435. The topological polar surface area (TPSA) is 9.23 Å². The van der Waals surface area contributed by atoms with E-state index >= 15 is 0 Å². The largest absolute Gasteiger partial charge is 0.377 e. The lowest BCUT2D eigenvalue weighted by Gasteiger charge is -2.37. The average Bonchev–Trinajstić information content (AvgIpc) is 2.54. The summed E-state index contributed by atoms with van der Waals surface area (Å²) in [4.78, 5) is 0. The van der Waals surface area contributed by atoms with Crippen LogP contribution >= 0.6 is 0 Å². The molecular formula is C22H39FO. The van der Waals surface area contributed by atoms with Gasteiger partial charge in [-0.1, -0.05) is 59.6 Å². The monoisotopic (exact) mass is 338 g/mol. The normalized spacial score (nSPS) is 29.0. The third kappa shape index (κ3) is 6.35. The molecule has 0 amide bonds. The molecule has 0 bridgehead atoms. The first kappa shape index (κ1) is 21.4. The predicted octanol–water partition coefficient (Wildman–Crippen LogP) is 6.95. The summed E-state index contributed by atoms with van der Waals surface area (Å²) in [5, 5.41) is 0. The van der Waals surface area contributed by atoms with E-state index in [-0.39, 0.29) is 23.8 Å². The van der Waals surface area contributed by atoms with Gasteiger partial charge in [-0.2, -0.15) is 0 Å². The standard InChI is InChI=1S/C22H39FO/c1-8-19(11-10-17(6)15(3)4)21(23)13-18(7)22-20(9-2)12-16(5)14-24-22/h10,13,15-16,18-20,22H,8-9,11-12,14H2,1-7H3/b17-10+,21-13+. The Kier molecular flexibility index (Phi) is 9.26. The molecule has 140 valence electrons. The van der Waals surface area contributed by atoms with Crippen LogP contribution in [-0.2, 0) is 4.74 Å². The van der Waals surface area contributed by atoms with E-state index < -0.39 is 0 Å². The van der Waals surface area contributed by atoms with Crippen molar-refractivity contribution in [2.45, 2.75) is 80.3 Å². The molecule has 5 unspecified atom stereocenters. The molecular weight excluding hydrogens is 299 g/mol. The molecule has 0 aromatic heterocycles. The number of rotatable bonds is 8. The van der Waals surface area contributed by atoms with Gasteiger partial charge < -0.3 is 4.74 Å². The fourth-order valence-corrected chi connectivity index (χ4v) is 3.63. The Morgan fingerprint density at radius 3 is 2.46 bits per heavy atom. The van der Waals surface area contributed by atoms with Gasteiger partial charge in [0.2, 0.25) is 0 Å². The Labute approximate surface area is 149 Å². The second-order valence-corrected chi connectivity index (χ2v) is 8.16. The minimum absolute atomic E-state index is 0.00346. The van der Waals surface area contributed by atoms with E-state index in [0.717, 1.165) is 25.9 Å².